The third-order valence-electron chi connectivity index (χ3n) is 4.19. The normalized spacial score (nSPS) is 18.3. The number of anilines is 1. The predicted octanol–water partition coefficient (Wildman–Crippen LogP) is 4.32. The van der Waals surface area contributed by atoms with Crippen LogP contribution in [0.2, 0.25) is 0 Å². The van der Waals surface area contributed by atoms with Crippen LogP contribution in [-0.2, 0) is 0 Å². The van der Waals surface area contributed by atoms with Crippen molar-refractivity contribution < 1.29 is 9.21 Å². The van der Waals surface area contributed by atoms with Crippen LogP contribution in [0.3, 0.4) is 0 Å². The number of aromatic nitrogens is 1. The second-order valence-corrected chi connectivity index (χ2v) is 7.76. The van der Waals surface area contributed by atoms with E-state index in [1.807, 2.05) is 48.7 Å². The van der Waals surface area contributed by atoms with Gasteiger partial charge in [-0.3, -0.25) is 0 Å². The van der Waals surface area contributed by atoms with E-state index in [0.717, 1.165) is 47.8 Å². The summed E-state index contributed by atoms with van der Waals surface area (Å²) >= 11 is 1.93. The number of hydrogen-bond acceptors (Lipinski definition) is 4. The Morgan fingerprint density at radius 2 is 2.21 bits per heavy atom. The summed E-state index contributed by atoms with van der Waals surface area (Å²) in [6.45, 7) is 7.72. The highest BCUT2D eigenvalue weighted by Crippen LogP contribution is 2.26. The quantitative estimate of drug-likeness (QED) is 0.881. The minimum Gasteiger partial charge on any atom is -0.444 e. The van der Waals surface area contributed by atoms with Crippen LogP contribution < -0.4 is 5.32 Å². The van der Waals surface area contributed by atoms with Crippen molar-refractivity contribution in [3.8, 4) is 11.5 Å². The predicted molar refractivity (Wildman–Crippen MR) is 98.5 cm³/mol. The van der Waals surface area contributed by atoms with Crippen molar-refractivity contribution in [3.63, 3.8) is 0 Å². The molecule has 3 rings (SSSR count). The van der Waals surface area contributed by atoms with Crippen LogP contribution in [0, 0.1) is 13.8 Å². The number of carbonyl (C=O) groups is 1. The van der Waals surface area contributed by atoms with Crippen LogP contribution in [0.4, 0.5) is 10.5 Å². The Kier molecular flexibility index (Phi) is 5.14. The molecule has 1 atom stereocenters. The van der Waals surface area contributed by atoms with E-state index in [-0.39, 0.29) is 6.03 Å². The number of oxazole rings is 1. The summed E-state index contributed by atoms with van der Waals surface area (Å²) in [5, 5.41) is 3.62. The molecule has 0 saturated carbocycles. The number of aryl methyl sites for hydroxylation is 2. The van der Waals surface area contributed by atoms with Crippen LogP contribution in [0.15, 0.2) is 28.9 Å². The van der Waals surface area contributed by atoms with Crippen LogP contribution in [0.1, 0.15) is 24.6 Å². The Hall–Kier alpha value is -1.95. The van der Waals surface area contributed by atoms with Crippen molar-refractivity contribution >= 4 is 23.5 Å². The molecule has 2 heterocycles. The molecule has 1 aromatic heterocycles. The molecule has 2 aromatic rings. The number of carbonyl (C=O) groups excluding carboxylic acids is 1. The average molecular weight is 345 g/mol. The highest BCUT2D eigenvalue weighted by atomic mass is 32.2. The summed E-state index contributed by atoms with van der Waals surface area (Å²) < 4.78 is 5.50. The van der Waals surface area contributed by atoms with Gasteiger partial charge in [0.15, 0.2) is 0 Å². The topological polar surface area (TPSA) is 58.4 Å². The SMILES string of the molecule is Cc1coc(-c2cc(NC(=O)N3CCS[C@H](C)CC3)ccc2C)n1. The number of hydrogen-bond donors (Lipinski definition) is 1. The lowest BCUT2D eigenvalue weighted by Crippen LogP contribution is -2.36. The first kappa shape index (κ1) is 16.9. The van der Waals surface area contributed by atoms with Gasteiger partial charge in [0, 0.05) is 35.3 Å². The van der Waals surface area contributed by atoms with Gasteiger partial charge in [0.05, 0.1) is 5.69 Å². The molecule has 1 fully saturated rings. The number of benzene rings is 1. The van der Waals surface area contributed by atoms with E-state index in [2.05, 4.69) is 17.2 Å². The van der Waals surface area contributed by atoms with Gasteiger partial charge in [-0.1, -0.05) is 13.0 Å². The number of rotatable bonds is 2. The molecule has 128 valence electrons. The molecule has 0 unspecified atom stereocenters. The van der Waals surface area contributed by atoms with Gasteiger partial charge in [-0.2, -0.15) is 11.8 Å². The highest BCUT2D eigenvalue weighted by Gasteiger charge is 2.19. The van der Waals surface area contributed by atoms with E-state index >= 15 is 0 Å². The van der Waals surface area contributed by atoms with E-state index in [1.165, 1.54) is 0 Å². The second kappa shape index (κ2) is 7.30. The summed E-state index contributed by atoms with van der Waals surface area (Å²) in [7, 11) is 0. The van der Waals surface area contributed by atoms with Gasteiger partial charge in [0.25, 0.3) is 0 Å². The van der Waals surface area contributed by atoms with Crippen molar-refractivity contribution in [2.75, 3.05) is 24.2 Å². The Bertz CT molecular complexity index is 729. The van der Waals surface area contributed by atoms with Gasteiger partial charge in [0.1, 0.15) is 6.26 Å². The van der Waals surface area contributed by atoms with Gasteiger partial charge in [-0.05, 0) is 38.0 Å². The lowest BCUT2D eigenvalue weighted by molar-refractivity contribution is 0.215. The molecule has 0 bridgehead atoms. The van der Waals surface area contributed by atoms with Crippen molar-refractivity contribution in [1.82, 2.24) is 9.88 Å². The largest absolute Gasteiger partial charge is 0.444 e. The Balaban J connectivity index is 1.74. The smallest absolute Gasteiger partial charge is 0.321 e. The first-order valence-electron chi connectivity index (χ1n) is 8.23. The molecule has 0 spiro atoms. The molecule has 0 radical (unpaired) electrons. The Morgan fingerprint density at radius 3 is 2.96 bits per heavy atom. The highest BCUT2D eigenvalue weighted by molar-refractivity contribution is 7.99. The fraction of sp³-hybridized carbons (Fsp3) is 0.444. The summed E-state index contributed by atoms with van der Waals surface area (Å²) in [5.74, 6) is 1.57. The van der Waals surface area contributed by atoms with Crippen molar-refractivity contribution in [3.05, 3.63) is 35.7 Å². The first-order valence-corrected chi connectivity index (χ1v) is 9.28. The second-order valence-electron chi connectivity index (χ2n) is 6.21. The molecule has 24 heavy (non-hydrogen) atoms. The zero-order chi connectivity index (χ0) is 17.1. The summed E-state index contributed by atoms with van der Waals surface area (Å²) in [5.41, 5.74) is 3.58. The van der Waals surface area contributed by atoms with Crippen molar-refractivity contribution in [1.29, 1.82) is 0 Å². The average Bonchev–Trinajstić information content (AvgIpc) is 2.86. The summed E-state index contributed by atoms with van der Waals surface area (Å²) in [4.78, 5) is 18.8. The van der Waals surface area contributed by atoms with Gasteiger partial charge in [-0.15, -0.1) is 0 Å². The number of thioether (sulfide) groups is 1. The zero-order valence-corrected chi connectivity index (χ0v) is 15.2. The molecule has 5 nitrogen and oxygen atoms in total. The standard InChI is InChI=1S/C18H23N3O2S/c1-12-4-5-15(10-16(12)17-19-13(2)11-23-17)20-18(22)21-7-6-14(3)24-9-8-21/h4-5,10-11,14H,6-9H2,1-3H3,(H,20,22)/t14-/m1/s1. The molecule has 6 heteroatoms. The lowest BCUT2D eigenvalue weighted by atomic mass is 10.1. The first-order chi connectivity index (χ1) is 11.5. The van der Waals surface area contributed by atoms with E-state index in [0.29, 0.717) is 11.1 Å². The van der Waals surface area contributed by atoms with Crippen LogP contribution >= 0.6 is 11.8 Å². The van der Waals surface area contributed by atoms with E-state index in [1.54, 1.807) is 6.26 Å². The molecule has 0 aliphatic carbocycles. The maximum atomic E-state index is 12.5. The minimum atomic E-state index is -0.0388. The molecule has 1 N–H and O–H groups in total. The fourth-order valence-corrected chi connectivity index (χ4v) is 3.71. The molecule has 1 aromatic carbocycles. The Labute approximate surface area is 146 Å². The fourth-order valence-electron chi connectivity index (χ4n) is 2.71. The van der Waals surface area contributed by atoms with Crippen molar-refractivity contribution in [2.24, 2.45) is 0 Å². The third kappa shape index (κ3) is 3.93. The van der Waals surface area contributed by atoms with Crippen molar-refractivity contribution in [2.45, 2.75) is 32.4 Å². The van der Waals surface area contributed by atoms with E-state index < -0.39 is 0 Å². The third-order valence-corrected chi connectivity index (χ3v) is 5.42. The Morgan fingerprint density at radius 1 is 1.38 bits per heavy atom. The summed E-state index contributed by atoms with van der Waals surface area (Å²) in [6.07, 6.45) is 2.67. The van der Waals surface area contributed by atoms with E-state index in [4.69, 9.17) is 4.42 Å². The molecule has 1 aliphatic rings. The summed E-state index contributed by atoms with van der Waals surface area (Å²) in [6, 6.07) is 5.78. The number of nitrogens with zero attached hydrogens (tertiary/aromatic N) is 2. The van der Waals surface area contributed by atoms with Gasteiger partial charge in [-0.25, -0.2) is 9.78 Å². The minimum absolute atomic E-state index is 0.0388. The van der Waals surface area contributed by atoms with Gasteiger partial charge >= 0.3 is 6.03 Å². The van der Waals surface area contributed by atoms with Crippen LogP contribution in [0.25, 0.3) is 11.5 Å². The lowest BCUT2D eigenvalue weighted by Gasteiger charge is -2.21. The van der Waals surface area contributed by atoms with Gasteiger partial charge < -0.3 is 14.6 Å². The number of nitrogens with one attached hydrogen (secondary N) is 1. The molecule has 2 amide bonds. The molecular weight excluding hydrogens is 322 g/mol. The molecule has 1 saturated heterocycles. The number of amides is 2. The maximum Gasteiger partial charge on any atom is 0.321 e. The molecule has 1 aliphatic heterocycles. The maximum absolute atomic E-state index is 12.5. The number of urea groups is 1. The monoisotopic (exact) mass is 345 g/mol. The molecular formula is C18H23N3O2S. The zero-order valence-electron chi connectivity index (χ0n) is 14.3. The van der Waals surface area contributed by atoms with E-state index in [9.17, 15) is 4.79 Å². The van der Waals surface area contributed by atoms with Gasteiger partial charge in [0.2, 0.25) is 5.89 Å². The van der Waals surface area contributed by atoms with Crippen LogP contribution in [0.5, 0.6) is 0 Å². The van der Waals surface area contributed by atoms with Crippen LogP contribution in [-0.4, -0.2) is 40.0 Å².